The summed E-state index contributed by atoms with van der Waals surface area (Å²) < 4.78 is 0. The van der Waals surface area contributed by atoms with Gasteiger partial charge in [0, 0.05) is 26.2 Å². The number of rotatable bonds is 3. The molecule has 1 aromatic rings. The lowest BCUT2D eigenvalue weighted by Crippen LogP contribution is -2.51. The number of hydrogen-bond donors (Lipinski definition) is 2. The normalized spacial score (nSPS) is 16.4. The zero-order chi connectivity index (χ0) is 15.2. The van der Waals surface area contributed by atoms with Gasteiger partial charge in [-0.05, 0) is 24.5 Å². The van der Waals surface area contributed by atoms with Crippen LogP contribution < -0.4 is 10.6 Å². The highest BCUT2D eigenvalue weighted by molar-refractivity contribution is 6.35. The van der Waals surface area contributed by atoms with Gasteiger partial charge >= 0.3 is 11.8 Å². The van der Waals surface area contributed by atoms with Crippen molar-refractivity contribution in [1.82, 2.24) is 15.5 Å². The first kappa shape index (κ1) is 15.5. The van der Waals surface area contributed by atoms with Crippen molar-refractivity contribution >= 4 is 11.8 Å². The van der Waals surface area contributed by atoms with Gasteiger partial charge in [-0.3, -0.25) is 9.59 Å². The number of aryl methyl sites for hydroxylation is 1. The first-order valence-electron chi connectivity index (χ1n) is 7.51. The molecule has 2 N–H and O–H groups in total. The van der Waals surface area contributed by atoms with Crippen LogP contribution in [0.5, 0.6) is 0 Å². The zero-order valence-corrected chi connectivity index (χ0v) is 12.7. The number of carbonyl (C=O) groups excluding carboxylic acids is 2. The first-order chi connectivity index (χ1) is 10.1. The monoisotopic (exact) mass is 289 g/mol. The standard InChI is InChI=1S/C16H23N3O2/c1-3-13-4-6-14(7-5-13)12(2)18-15(20)16(21)19-10-8-17-9-11-19/h4-7,12,17H,3,8-11H2,1-2H3,(H,18,20). The fourth-order valence-corrected chi connectivity index (χ4v) is 2.40. The van der Waals surface area contributed by atoms with Crippen LogP contribution >= 0.6 is 0 Å². The molecule has 21 heavy (non-hydrogen) atoms. The van der Waals surface area contributed by atoms with Crippen molar-refractivity contribution in [2.75, 3.05) is 26.2 Å². The Kier molecular flexibility index (Phi) is 5.33. The molecular weight excluding hydrogens is 266 g/mol. The van der Waals surface area contributed by atoms with E-state index in [-0.39, 0.29) is 6.04 Å². The highest BCUT2D eigenvalue weighted by Crippen LogP contribution is 2.13. The van der Waals surface area contributed by atoms with Crippen LogP contribution in [0, 0.1) is 0 Å². The van der Waals surface area contributed by atoms with E-state index >= 15 is 0 Å². The van der Waals surface area contributed by atoms with E-state index < -0.39 is 11.8 Å². The van der Waals surface area contributed by atoms with Gasteiger partial charge in [0.2, 0.25) is 0 Å². The van der Waals surface area contributed by atoms with Gasteiger partial charge < -0.3 is 15.5 Å². The Hall–Kier alpha value is -1.88. The maximum absolute atomic E-state index is 12.1. The quantitative estimate of drug-likeness (QED) is 0.811. The van der Waals surface area contributed by atoms with E-state index in [2.05, 4.69) is 29.7 Å². The third-order valence-corrected chi connectivity index (χ3v) is 3.83. The lowest BCUT2D eigenvalue weighted by molar-refractivity contribution is -0.146. The largest absolute Gasteiger partial charge is 0.341 e. The highest BCUT2D eigenvalue weighted by atomic mass is 16.2. The molecule has 1 saturated heterocycles. The second-order valence-electron chi connectivity index (χ2n) is 5.33. The maximum Gasteiger partial charge on any atom is 0.311 e. The van der Waals surface area contributed by atoms with Gasteiger partial charge in [-0.2, -0.15) is 0 Å². The minimum Gasteiger partial charge on any atom is -0.341 e. The van der Waals surface area contributed by atoms with E-state index in [1.165, 1.54) is 5.56 Å². The molecule has 1 heterocycles. The fourth-order valence-electron chi connectivity index (χ4n) is 2.40. The van der Waals surface area contributed by atoms with E-state index in [9.17, 15) is 9.59 Å². The number of hydrogen-bond acceptors (Lipinski definition) is 3. The summed E-state index contributed by atoms with van der Waals surface area (Å²) in [6, 6.07) is 7.93. The summed E-state index contributed by atoms with van der Waals surface area (Å²) in [5, 5.41) is 5.94. The molecule has 1 fully saturated rings. The van der Waals surface area contributed by atoms with Crippen LogP contribution in [0.2, 0.25) is 0 Å². The average Bonchev–Trinajstić information content (AvgIpc) is 2.55. The minimum absolute atomic E-state index is 0.171. The van der Waals surface area contributed by atoms with Crippen molar-refractivity contribution in [3.63, 3.8) is 0 Å². The van der Waals surface area contributed by atoms with Crippen LogP contribution in [0.25, 0.3) is 0 Å². The van der Waals surface area contributed by atoms with E-state index in [4.69, 9.17) is 0 Å². The summed E-state index contributed by atoms with van der Waals surface area (Å²) in [6.07, 6.45) is 0.989. The molecule has 2 amide bonds. The molecule has 5 nitrogen and oxygen atoms in total. The third kappa shape index (κ3) is 4.04. The summed E-state index contributed by atoms with van der Waals surface area (Å²) >= 11 is 0. The van der Waals surface area contributed by atoms with Gasteiger partial charge in [0.15, 0.2) is 0 Å². The van der Waals surface area contributed by atoms with Crippen molar-refractivity contribution < 1.29 is 9.59 Å². The Morgan fingerprint density at radius 3 is 2.43 bits per heavy atom. The molecule has 0 saturated carbocycles. The van der Waals surface area contributed by atoms with Crippen LogP contribution in [-0.4, -0.2) is 42.9 Å². The molecule has 1 unspecified atom stereocenters. The molecule has 1 aromatic carbocycles. The number of amides is 2. The molecule has 5 heteroatoms. The molecule has 0 spiro atoms. The molecule has 1 aliphatic rings. The number of benzene rings is 1. The number of carbonyl (C=O) groups is 2. The summed E-state index contributed by atoms with van der Waals surface area (Å²) in [5.41, 5.74) is 2.27. The molecule has 1 atom stereocenters. The second-order valence-corrected chi connectivity index (χ2v) is 5.33. The topological polar surface area (TPSA) is 61.4 Å². The van der Waals surface area contributed by atoms with E-state index in [0.29, 0.717) is 13.1 Å². The highest BCUT2D eigenvalue weighted by Gasteiger charge is 2.24. The Bertz CT molecular complexity index is 493. The first-order valence-corrected chi connectivity index (χ1v) is 7.51. The van der Waals surface area contributed by atoms with Gasteiger partial charge in [-0.25, -0.2) is 0 Å². The van der Waals surface area contributed by atoms with Crippen LogP contribution in [-0.2, 0) is 16.0 Å². The maximum atomic E-state index is 12.1. The molecule has 2 rings (SSSR count). The Morgan fingerprint density at radius 2 is 1.86 bits per heavy atom. The van der Waals surface area contributed by atoms with Crippen molar-refractivity contribution in [2.45, 2.75) is 26.3 Å². The molecule has 0 aromatic heterocycles. The van der Waals surface area contributed by atoms with Crippen LogP contribution in [0.1, 0.15) is 31.0 Å². The number of nitrogens with one attached hydrogen (secondary N) is 2. The summed E-state index contributed by atoms with van der Waals surface area (Å²) in [6.45, 7) is 6.66. The predicted octanol–water partition coefficient (Wildman–Crippen LogP) is 0.858. The Balaban J connectivity index is 1.92. The number of piperazine rings is 1. The van der Waals surface area contributed by atoms with Crippen molar-refractivity contribution in [2.24, 2.45) is 0 Å². The average molecular weight is 289 g/mol. The van der Waals surface area contributed by atoms with Gasteiger partial charge in [0.05, 0.1) is 6.04 Å². The Labute approximate surface area is 125 Å². The summed E-state index contributed by atoms with van der Waals surface area (Å²) in [7, 11) is 0. The predicted molar refractivity (Wildman–Crippen MR) is 81.8 cm³/mol. The van der Waals surface area contributed by atoms with Crippen LogP contribution in [0.3, 0.4) is 0 Å². The molecule has 1 aliphatic heterocycles. The summed E-state index contributed by atoms with van der Waals surface area (Å²) in [5.74, 6) is -0.961. The van der Waals surface area contributed by atoms with E-state index in [0.717, 1.165) is 25.1 Å². The van der Waals surface area contributed by atoms with Crippen molar-refractivity contribution in [3.05, 3.63) is 35.4 Å². The van der Waals surface area contributed by atoms with Crippen molar-refractivity contribution in [3.8, 4) is 0 Å². The smallest absolute Gasteiger partial charge is 0.311 e. The van der Waals surface area contributed by atoms with Gasteiger partial charge in [0.1, 0.15) is 0 Å². The lowest BCUT2D eigenvalue weighted by atomic mass is 10.0. The zero-order valence-electron chi connectivity index (χ0n) is 12.7. The second kappa shape index (κ2) is 7.22. The van der Waals surface area contributed by atoms with Gasteiger partial charge in [-0.15, -0.1) is 0 Å². The van der Waals surface area contributed by atoms with E-state index in [1.54, 1.807) is 4.90 Å². The third-order valence-electron chi connectivity index (χ3n) is 3.83. The van der Waals surface area contributed by atoms with E-state index in [1.807, 2.05) is 19.1 Å². The Morgan fingerprint density at radius 1 is 1.24 bits per heavy atom. The van der Waals surface area contributed by atoms with Gasteiger partial charge in [-0.1, -0.05) is 31.2 Å². The summed E-state index contributed by atoms with van der Waals surface area (Å²) in [4.78, 5) is 25.7. The molecule has 0 bridgehead atoms. The SMILES string of the molecule is CCc1ccc(C(C)NC(=O)C(=O)N2CCNCC2)cc1. The minimum atomic E-state index is -0.524. The van der Waals surface area contributed by atoms with Crippen molar-refractivity contribution in [1.29, 1.82) is 0 Å². The van der Waals surface area contributed by atoms with Gasteiger partial charge in [0.25, 0.3) is 0 Å². The fraction of sp³-hybridized carbons (Fsp3) is 0.500. The molecule has 0 aliphatic carbocycles. The van der Waals surface area contributed by atoms with Crippen LogP contribution in [0.15, 0.2) is 24.3 Å². The molecule has 0 radical (unpaired) electrons. The molecular formula is C16H23N3O2. The van der Waals surface area contributed by atoms with Crippen LogP contribution in [0.4, 0.5) is 0 Å². The lowest BCUT2D eigenvalue weighted by Gasteiger charge is -2.27. The number of nitrogens with zero attached hydrogens (tertiary/aromatic N) is 1. The molecule has 114 valence electrons.